The van der Waals surface area contributed by atoms with Gasteiger partial charge in [-0.1, -0.05) is 19.0 Å². The highest BCUT2D eigenvalue weighted by Gasteiger charge is 2.22. The average Bonchev–Trinajstić information content (AvgIpc) is 2.40. The molecule has 0 atom stereocenters. The molecule has 106 valence electrons. The highest BCUT2D eigenvalue weighted by atomic mass is 16.5. The minimum absolute atomic E-state index is 0.251. The monoisotopic (exact) mass is 265 g/mol. The van der Waals surface area contributed by atoms with E-state index in [1.165, 1.54) is 0 Å². The van der Waals surface area contributed by atoms with Crippen LogP contribution in [0.25, 0.3) is 0 Å². The molecule has 19 heavy (non-hydrogen) atoms. The fourth-order valence-electron chi connectivity index (χ4n) is 1.62. The van der Waals surface area contributed by atoms with E-state index in [0.717, 1.165) is 24.4 Å². The van der Waals surface area contributed by atoms with Crippen LogP contribution in [0.15, 0.2) is 29.4 Å². The Balaban J connectivity index is 2.45. The number of benzene rings is 1. The first-order chi connectivity index (χ1) is 8.99. The Morgan fingerprint density at radius 3 is 2.53 bits per heavy atom. The fourth-order valence-corrected chi connectivity index (χ4v) is 1.62. The molecule has 0 fully saturated rings. The number of nitrogens with one attached hydrogen (secondary N) is 1. The SMILES string of the molecule is CCOc1ccc(NCCC(C)(C)C(N)=NO)cc1. The molecule has 4 N–H and O–H groups in total. The second-order valence-electron chi connectivity index (χ2n) is 5.00. The molecule has 0 saturated carbocycles. The number of anilines is 1. The number of hydrogen-bond donors (Lipinski definition) is 3. The summed E-state index contributed by atoms with van der Waals surface area (Å²) in [5.41, 5.74) is 6.34. The average molecular weight is 265 g/mol. The zero-order valence-electron chi connectivity index (χ0n) is 11.8. The lowest BCUT2D eigenvalue weighted by Gasteiger charge is -2.23. The maximum absolute atomic E-state index is 8.70. The van der Waals surface area contributed by atoms with E-state index in [1.807, 2.05) is 45.0 Å². The van der Waals surface area contributed by atoms with E-state index in [9.17, 15) is 0 Å². The van der Waals surface area contributed by atoms with Gasteiger partial charge in [-0.2, -0.15) is 0 Å². The summed E-state index contributed by atoms with van der Waals surface area (Å²) in [6, 6.07) is 7.81. The second-order valence-corrected chi connectivity index (χ2v) is 5.00. The minimum Gasteiger partial charge on any atom is -0.494 e. The summed E-state index contributed by atoms with van der Waals surface area (Å²) in [4.78, 5) is 0. The smallest absolute Gasteiger partial charge is 0.144 e. The van der Waals surface area contributed by atoms with Crippen LogP contribution in [0.3, 0.4) is 0 Å². The van der Waals surface area contributed by atoms with Crippen molar-refractivity contribution in [1.29, 1.82) is 0 Å². The molecule has 0 heterocycles. The van der Waals surface area contributed by atoms with E-state index >= 15 is 0 Å². The second kappa shape index (κ2) is 6.87. The third-order valence-corrected chi connectivity index (χ3v) is 3.05. The van der Waals surface area contributed by atoms with Crippen molar-refractivity contribution in [2.24, 2.45) is 16.3 Å². The van der Waals surface area contributed by atoms with Crippen molar-refractivity contribution in [3.8, 4) is 5.75 Å². The van der Waals surface area contributed by atoms with Crippen molar-refractivity contribution in [2.75, 3.05) is 18.5 Å². The van der Waals surface area contributed by atoms with Crippen molar-refractivity contribution >= 4 is 11.5 Å². The van der Waals surface area contributed by atoms with E-state index in [4.69, 9.17) is 15.7 Å². The highest BCUT2D eigenvalue weighted by molar-refractivity contribution is 5.85. The van der Waals surface area contributed by atoms with Crippen molar-refractivity contribution in [3.05, 3.63) is 24.3 Å². The minimum atomic E-state index is -0.326. The first-order valence-electron chi connectivity index (χ1n) is 6.44. The molecule has 0 amide bonds. The van der Waals surface area contributed by atoms with Crippen LogP contribution in [0.2, 0.25) is 0 Å². The molecule has 5 heteroatoms. The molecule has 1 aromatic rings. The maximum Gasteiger partial charge on any atom is 0.144 e. The quantitative estimate of drug-likeness (QED) is 0.306. The predicted molar refractivity (Wildman–Crippen MR) is 77.9 cm³/mol. The summed E-state index contributed by atoms with van der Waals surface area (Å²) >= 11 is 0. The molecule has 0 aromatic heterocycles. The van der Waals surface area contributed by atoms with Gasteiger partial charge in [-0.25, -0.2) is 0 Å². The highest BCUT2D eigenvalue weighted by Crippen LogP contribution is 2.21. The van der Waals surface area contributed by atoms with Gasteiger partial charge in [0.2, 0.25) is 0 Å². The lowest BCUT2D eigenvalue weighted by atomic mass is 9.88. The van der Waals surface area contributed by atoms with Gasteiger partial charge in [-0.3, -0.25) is 0 Å². The van der Waals surface area contributed by atoms with Crippen LogP contribution in [-0.2, 0) is 0 Å². The van der Waals surface area contributed by atoms with Gasteiger partial charge in [0, 0.05) is 17.6 Å². The van der Waals surface area contributed by atoms with E-state index < -0.39 is 0 Å². The molecule has 5 nitrogen and oxygen atoms in total. The summed E-state index contributed by atoms with van der Waals surface area (Å²) in [6.45, 7) is 7.27. The van der Waals surface area contributed by atoms with Gasteiger partial charge in [0.1, 0.15) is 11.6 Å². The standard InChI is InChI=1S/C14H23N3O2/c1-4-19-12-7-5-11(6-8-12)16-10-9-14(2,3)13(15)17-18/h5-8,16,18H,4,9-10H2,1-3H3,(H2,15,17). The van der Waals surface area contributed by atoms with Crippen LogP contribution in [0.5, 0.6) is 5.75 Å². The fraction of sp³-hybridized carbons (Fsp3) is 0.500. The normalized spacial score (nSPS) is 12.3. The van der Waals surface area contributed by atoms with Crippen LogP contribution in [-0.4, -0.2) is 24.2 Å². The Labute approximate surface area is 114 Å². The summed E-state index contributed by atoms with van der Waals surface area (Å²) in [6.07, 6.45) is 0.774. The van der Waals surface area contributed by atoms with Crippen LogP contribution in [0, 0.1) is 5.41 Å². The van der Waals surface area contributed by atoms with Crippen LogP contribution < -0.4 is 15.8 Å². The Bertz CT molecular complexity index is 413. The summed E-state index contributed by atoms with van der Waals surface area (Å²) in [5, 5.41) is 15.1. The number of hydrogen-bond acceptors (Lipinski definition) is 4. The Morgan fingerprint density at radius 1 is 1.37 bits per heavy atom. The largest absolute Gasteiger partial charge is 0.494 e. The summed E-state index contributed by atoms with van der Waals surface area (Å²) in [7, 11) is 0. The summed E-state index contributed by atoms with van der Waals surface area (Å²) in [5.74, 6) is 1.12. The number of oxime groups is 1. The molecule has 0 bridgehead atoms. The number of rotatable bonds is 7. The third kappa shape index (κ3) is 4.69. The molecule has 0 aliphatic heterocycles. The molecule has 0 unspecified atom stereocenters. The molecule has 1 rings (SSSR count). The topological polar surface area (TPSA) is 79.9 Å². The van der Waals surface area contributed by atoms with E-state index in [2.05, 4.69) is 10.5 Å². The van der Waals surface area contributed by atoms with Crippen molar-refractivity contribution < 1.29 is 9.94 Å². The lowest BCUT2D eigenvalue weighted by molar-refractivity contribution is 0.306. The zero-order valence-corrected chi connectivity index (χ0v) is 11.8. The number of nitrogens with two attached hydrogens (primary N) is 1. The Kier molecular flexibility index (Phi) is 5.48. The number of nitrogens with zero attached hydrogens (tertiary/aromatic N) is 1. The molecule has 1 aromatic carbocycles. The maximum atomic E-state index is 8.70. The van der Waals surface area contributed by atoms with Gasteiger partial charge < -0.3 is 21.0 Å². The van der Waals surface area contributed by atoms with E-state index in [0.29, 0.717) is 6.61 Å². The van der Waals surface area contributed by atoms with E-state index in [-0.39, 0.29) is 11.3 Å². The van der Waals surface area contributed by atoms with Crippen molar-refractivity contribution in [1.82, 2.24) is 0 Å². The predicted octanol–water partition coefficient (Wildman–Crippen LogP) is 2.66. The molecular formula is C14H23N3O2. The molecule has 0 aliphatic carbocycles. The van der Waals surface area contributed by atoms with Gasteiger partial charge in [-0.05, 0) is 37.6 Å². The van der Waals surface area contributed by atoms with Crippen LogP contribution in [0.1, 0.15) is 27.2 Å². The number of amidine groups is 1. The number of ether oxygens (including phenoxy) is 1. The van der Waals surface area contributed by atoms with Gasteiger partial charge in [-0.15, -0.1) is 0 Å². The van der Waals surface area contributed by atoms with Gasteiger partial charge in [0.15, 0.2) is 0 Å². The van der Waals surface area contributed by atoms with Gasteiger partial charge >= 0.3 is 0 Å². The molecular weight excluding hydrogens is 242 g/mol. The summed E-state index contributed by atoms with van der Waals surface area (Å²) < 4.78 is 5.38. The van der Waals surface area contributed by atoms with Gasteiger partial charge in [0.05, 0.1) is 6.61 Å². The first-order valence-corrected chi connectivity index (χ1v) is 6.44. The lowest BCUT2D eigenvalue weighted by Crippen LogP contribution is -2.33. The van der Waals surface area contributed by atoms with Crippen LogP contribution >= 0.6 is 0 Å². The van der Waals surface area contributed by atoms with E-state index in [1.54, 1.807) is 0 Å². The van der Waals surface area contributed by atoms with Crippen molar-refractivity contribution in [3.63, 3.8) is 0 Å². The zero-order chi connectivity index (χ0) is 14.3. The molecule has 0 aliphatic rings. The Hall–Kier alpha value is -1.91. The van der Waals surface area contributed by atoms with Gasteiger partial charge in [0.25, 0.3) is 0 Å². The molecule has 0 spiro atoms. The molecule has 0 saturated heterocycles. The first kappa shape index (κ1) is 15.1. The Morgan fingerprint density at radius 2 is 2.00 bits per heavy atom. The van der Waals surface area contributed by atoms with Crippen molar-refractivity contribution in [2.45, 2.75) is 27.2 Å². The van der Waals surface area contributed by atoms with Crippen LogP contribution in [0.4, 0.5) is 5.69 Å². The molecule has 0 radical (unpaired) electrons. The third-order valence-electron chi connectivity index (χ3n) is 3.05.